The summed E-state index contributed by atoms with van der Waals surface area (Å²) in [5, 5.41) is 2.57. The number of benzene rings is 2. The molecule has 33 heavy (non-hydrogen) atoms. The Labute approximate surface area is 195 Å². The summed E-state index contributed by atoms with van der Waals surface area (Å²) in [7, 11) is -6.30. The maximum atomic E-state index is 13.1. The zero-order valence-electron chi connectivity index (χ0n) is 19.0. The van der Waals surface area contributed by atoms with Crippen molar-refractivity contribution in [2.75, 3.05) is 17.1 Å². The predicted molar refractivity (Wildman–Crippen MR) is 126 cm³/mol. The number of amides is 1. The van der Waals surface area contributed by atoms with E-state index in [-0.39, 0.29) is 39.2 Å². The van der Waals surface area contributed by atoms with Gasteiger partial charge in [-0.1, -0.05) is 6.42 Å². The summed E-state index contributed by atoms with van der Waals surface area (Å²) in [6, 6.07) is 9.55. The van der Waals surface area contributed by atoms with E-state index in [0.717, 1.165) is 19.3 Å². The van der Waals surface area contributed by atoms with Crippen LogP contribution in [0.3, 0.4) is 0 Å². The number of piperidine rings is 1. The molecule has 0 aliphatic carbocycles. The highest BCUT2D eigenvalue weighted by Crippen LogP contribution is 2.31. The topological polar surface area (TPSA) is 122 Å². The number of sulfonamides is 2. The van der Waals surface area contributed by atoms with Gasteiger partial charge in [0.05, 0.1) is 22.6 Å². The number of anilines is 2. The van der Waals surface area contributed by atoms with Gasteiger partial charge in [0.2, 0.25) is 15.9 Å². The number of nitrogens with one attached hydrogen (secondary N) is 2. The Kier molecular flexibility index (Phi) is 7.35. The molecule has 11 heteroatoms. The Bertz CT molecular complexity index is 1220. The summed E-state index contributed by atoms with van der Waals surface area (Å²) in [4.78, 5) is 11.3. The lowest BCUT2D eigenvalue weighted by molar-refractivity contribution is -0.114. The highest BCUT2D eigenvalue weighted by molar-refractivity contribution is 7.92. The molecule has 1 aliphatic heterocycles. The Balaban J connectivity index is 1.82. The quantitative estimate of drug-likeness (QED) is 0.607. The SMILES string of the molecule is COc1cc(S(=O)(=O)Nc2ccc(S(=O)(=O)N3C(C)CCCC3C)cc2)ccc1NC(C)=O. The lowest BCUT2D eigenvalue weighted by atomic mass is 10.0. The maximum Gasteiger partial charge on any atom is 0.262 e. The molecular formula is C22H29N3O6S2. The van der Waals surface area contributed by atoms with Crippen molar-refractivity contribution in [2.24, 2.45) is 0 Å². The van der Waals surface area contributed by atoms with E-state index in [0.29, 0.717) is 5.69 Å². The molecule has 9 nitrogen and oxygen atoms in total. The standard InChI is InChI=1S/C22H29N3O6S2/c1-15-6-5-7-16(2)25(15)33(29,30)19-10-8-18(9-11-19)24-32(27,28)20-12-13-21(23-17(3)26)22(14-20)31-4/h8-16,24H,5-7H2,1-4H3,(H,23,26). The number of methoxy groups -OCH3 is 1. The van der Waals surface area contributed by atoms with Crippen molar-refractivity contribution in [1.82, 2.24) is 4.31 Å². The number of carbonyl (C=O) groups is 1. The van der Waals surface area contributed by atoms with Gasteiger partial charge in [-0.25, -0.2) is 16.8 Å². The first-order valence-electron chi connectivity index (χ1n) is 10.6. The average Bonchev–Trinajstić information content (AvgIpc) is 2.73. The Morgan fingerprint density at radius 1 is 0.970 bits per heavy atom. The summed E-state index contributed by atoms with van der Waals surface area (Å²) in [5.74, 6) is -0.121. The largest absolute Gasteiger partial charge is 0.495 e. The molecule has 1 saturated heterocycles. The molecule has 2 atom stereocenters. The van der Waals surface area contributed by atoms with Gasteiger partial charge in [0.25, 0.3) is 10.0 Å². The van der Waals surface area contributed by atoms with E-state index in [2.05, 4.69) is 10.0 Å². The number of rotatable bonds is 7. The van der Waals surface area contributed by atoms with Gasteiger partial charge in [-0.3, -0.25) is 9.52 Å². The van der Waals surface area contributed by atoms with Crippen LogP contribution in [0.2, 0.25) is 0 Å². The van der Waals surface area contributed by atoms with Crippen LogP contribution in [0.5, 0.6) is 5.75 Å². The molecule has 0 aromatic heterocycles. The highest BCUT2D eigenvalue weighted by Gasteiger charge is 2.35. The van der Waals surface area contributed by atoms with Gasteiger partial charge in [-0.15, -0.1) is 0 Å². The van der Waals surface area contributed by atoms with Crippen LogP contribution >= 0.6 is 0 Å². The second-order valence-corrected chi connectivity index (χ2v) is 11.7. The van der Waals surface area contributed by atoms with Gasteiger partial charge in [-0.2, -0.15) is 4.31 Å². The normalized spacial score (nSPS) is 19.6. The van der Waals surface area contributed by atoms with Crippen LogP contribution < -0.4 is 14.8 Å². The lowest BCUT2D eigenvalue weighted by Crippen LogP contribution is -2.47. The number of carbonyl (C=O) groups excluding carboxylic acids is 1. The molecule has 0 radical (unpaired) electrons. The number of ether oxygens (including phenoxy) is 1. The number of nitrogens with zero attached hydrogens (tertiary/aromatic N) is 1. The monoisotopic (exact) mass is 495 g/mol. The molecule has 2 unspecified atom stereocenters. The Morgan fingerprint density at radius 2 is 1.55 bits per heavy atom. The first-order valence-corrected chi connectivity index (χ1v) is 13.5. The summed E-state index contributed by atoms with van der Waals surface area (Å²) in [5.41, 5.74) is 0.568. The van der Waals surface area contributed by atoms with Gasteiger partial charge in [-0.05, 0) is 63.1 Å². The molecule has 0 spiro atoms. The molecule has 0 bridgehead atoms. The van der Waals surface area contributed by atoms with Crippen LogP contribution in [0, 0.1) is 0 Å². The van der Waals surface area contributed by atoms with E-state index >= 15 is 0 Å². The molecule has 0 saturated carbocycles. The average molecular weight is 496 g/mol. The molecule has 2 N–H and O–H groups in total. The van der Waals surface area contributed by atoms with Crippen molar-refractivity contribution >= 4 is 37.3 Å². The van der Waals surface area contributed by atoms with Gasteiger partial charge < -0.3 is 10.1 Å². The fourth-order valence-corrected chi connectivity index (χ4v) is 6.99. The van der Waals surface area contributed by atoms with Crippen LogP contribution in [0.15, 0.2) is 52.3 Å². The van der Waals surface area contributed by atoms with E-state index in [9.17, 15) is 21.6 Å². The molecule has 2 aromatic rings. The van der Waals surface area contributed by atoms with Gasteiger partial charge in [0.15, 0.2) is 0 Å². The Morgan fingerprint density at radius 3 is 2.09 bits per heavy atom. The zero-order chi connectivity index (χ0) is 24.4. The minimum Gasteiger partial charge on any atom is -0.495 e. The first kappa shape index (κ1) is 25.0. The van der Waals surface area contributed by atoms with E-state index in [1.165, 1.54) is 56.5 Å². The van der Waals surface area contributed by atoms with E-state index in [4.69, 9.17) is 4.74 Å². The van der Waals surface area contributed by atoms with Crippen LogP contribution in [0.1, 0.15) is 40.0 Å². The predicted octanol–water partition coefficient (Wildman–Crippen LogP) is 3.41. The van der Waals surface area contributed by atoms with Crippen molar-refractivity contribution in [3.63, 3.8) is 0 Å². The molecule has 3 rings (SSSR count). The van der Waals surface area contributed by atoms with Gasteiger partial charge in [0, 0.05) is 30.8 Å². The number of hydrogen-bond donors (Lipinski definition) is 2. The molecule has 1 aliphatic rings. The minimum absolute atomic E-state index is 0.0684. The summed E-state index contributed by atoms with van der Waals surface area (Å²) < 4.78 is 61.1. The fraction of sp³-hybridized carbons (Fsp3) is 0.409. The zero-order valence-corrected chi connectivity index (χ0v) is 20.7. The molecular weight excluding hydrogens is 466 g/mol. The van der Waals surface area contributed by atoms with Gasteiger partial charge in [0.1, 0.15) is 5.75 Å². The third-order valence-corrected chi connectivity index (χ3v) is 9.11. The first-order chi connectivity index (χ1) is 15.5. The van der Waals surface area contributed by atoms with Crippen LogP contribution in [-0.2, 0) is 24.8 Å². The maximum absolute atomic E-state index is 13.1. The molecule has 2 aromatic carbocycles. The summed E-state index contributed by atoms with van der Waals surface area (Å²) in [6.45, 7) is 5.14. The van der Waals surface area contributed by atoms with Crippen molar-refractivity contribution < 1.29 is 26.4 Å². The fourth-order valence-electron chi connectivity index (χ4n) is 4.03. The highest BCUT2D eigenvalue weighted by atomic mass is 32.2. The third kappa shape index (κ3) is 5.48. The van der Waals surface area contributed by atoms with Crippen molar-refractivity contribution in [3.8, 4) is 5.75 Å². The second kappa shape index (κ2) is 9.70. The second-order valence-electron chi connectivity index (χ2n) is 8.14. The van der Waals surface area contributed by atoms with Crippen LogP contribution in [-0.4, -0.2) is 46.2 Å². The lowest BCUT2D eigenvalue weighted by Gasteiger charge is -2.37. The summed E-state index contributed by atoms with van der Waals surface area (Å²) >= 11 is 0. The van der Waals surface area contributed by atoms with Crippen molar-refractivity contribution in [2.45, 2.75) is 61.9 Å². The van der Waals surface area contributed by atoms with E-state index in [1.807, 2.05) is 13.8 Å². The van der Waals surface area contributed by atoms with E-state index in [1.54, 1.807) is 4.31 Å². The minimum atomic E-state index is -3.98. The van der Waals surface area contributed by atoms with Crippen molar-refractivity contribution in [3.05, 3.63) is 42.5 Å². The van der Waals surface area contributed by atoms with Crippen molar-refractivity contribution in [1.29, 1.82) is 0 Å². The third-order valence-electron chi connectivity index (χ3n) is 5.59. The molecule has 180 valence electrons. The Hall–Kier alpha value is -2.63. The number of hydrogen-bond acceptors (Lipinski definition) is 6. The van der Waals surface area contributed by atoms with Crippen LogP contribution in [0.25, 0.3) is 0 Å². The van der Waals surface area contributed by atoms with Gasteiger partial charge >= 0.3 is 0 Å². The molecule has 1 fully saturated rings. The molecule has 1 heterocycles. The summed E-state index contributed by atoms with van der Waals surface area (Å²) in [6.07, 6.45) is 2.61. The van der Waals surface area contributed by atoms with E-state index < -0.39 is 20.0 Å². The van der Waals surface area contributed by atoms with Crippen LogP contribution in [0.4, 0.5) is 11.4 Å². The molecule has 1 amide bonds. The smallest absolute Gasteiger partial charge is 0.262 e.